The van der Waals surface area contributed by atoms with E-state index in [-0.39, 0.29) is 0 Å². The van der Waals surface area contributed by atoms with Gasteiger partial charge in [-0.25, -0.2) is 0 Å². The molecule has 0 radical (unpaired) electrons. The van der Waals surface area contributed by atoms with E-state index >= 15 is 0 Å². The van der Waals surface area contributed by atoms with Crippen LogP contribution in [0.4, 0.5) is 0 Å². The molecular weight excluding hydrogens is 188 g/mol. The smallest absolute Gasteiger partial charge is 0.145 e. The zero-order valence-corrected chi connectivity index (χ0v) is 9.57. The highest BCUT2D eigenvalue weighted by molar-refractivity contribution is 5.72. The topological polar surface area (TPSA) is 32.3 Å². The van der Waals surface area contributed by atoms with Crippen molar-refractivity contribution in [3.05, 3.63) is 23.9 Å². The molecule has 1 N–H and O–H groups in total. The Morgan fingerprint density at radius 3 is 2.67 bits per heavy atom. The molecule has 0 unspecified atom stereocenters. The number of piperidine rings is 1. The van der Waals surface area contributed by atoms with E-state index in [1.165, 1.54) is 12.8 Å². The largest absolute Gasteiger partial charge is 0.377 e. The lowest BCUT2D eigenvalue weighted by Gasteiger charge is -2.30. The van der Waals surface area contributed by atoms with Gasteiger partial charge in [-0.2, -0.15) is 0 Å². The molecule has 1 fully saturated rings. The van der Waals surface area contributed by atoms with Crippen LogP contribution >= 0.6 is 0 Å². The number of aldehydes is 1. The van der Waals surface area contributed by atoms with E-state index in [1.54, 1.807) is 0 Å². The summed E-state index contributed by atoms with van der Waals surface area (Å²) in [6.07, 6.45) is 9.07. The van der Waals surface area contributed by atoms with Crippen LogP contribution in [0.2, 0.25) is 0 Å². The maximum absolute atomic E-state index is 10.4. The lowest BCUT2D eigenvalue weighted by molar-refractivity contribution is -0.104. The van der Waals surface area contributed by atoms with Crippen molar-refractivity contribution in [1.29, 1.82) is 0 Å². The summed E-state index contributed by atoms with van der Waals surface area (Å²) in [5.41, 5.74) is 0.755. The van der Waals surface area contributed by atoms with Crippen LogP contribution in [0.15, 0.2) is 23.9 Å². The first-order chi connectivity index (χ1) is 7.24. The van der Waals surface area contributed by atoms with E-state index in [1.807, 2.05) is 25.3 Å². The first-order valence-electron chi connectivity index (χ1n) is 5.47. The monoisotopic (exact) mass is 208 g/mol. The lowest BCUT2D eigenvalue weighted by atomic mass is 10.1. The highest BCUT2D eigenvalue weighted by Crippen LogP contribution is 2.09. The van der Waals surface area contributed by atoms with Gasteiger partial charge in [0.05, 0.1) is 0 Å². The number of hydrogen-bond acceptors (Lipinski definition) is 3. The summed E-state index contributed by atoms with van der Waals surface area (Å²) in [4.78, 5) is 12.6. The van der Waals surface area contributed by atoms with Gasteiger partial charge in [-0.3, -0.25) is 4.79 Å². The molecule has 3 nitrogen and oxygen atoms in total. The second kappa shape index (κ2) is 6.40. The van der Waals surface area contributed by atoms with Gasteiger partial charge >= 0.3 is 0 Å². The molecule has 0 bridgehead atoms. The zero-order chi connectivity index (χ0) is 11.1. The fraction of sp³-hybridized carbons (Fsp3) is 0.583. The highest BCUT2D eigenvalue weighted by Gasteiger charge is 2.14. The van der Waals surface area contributed by atoms with Crippen LogP contribution in [0.25, 0.3) is 0 Å². The Labute approximate surface area is 91.8 Å². The van der Waals surface area contributed by atoms with Crippen LogP contribution < -0.4 is 5.32 Å². The summed E-state index contributed by atoms with van der Waals surface area (Å²) in [7, 11) is 2.09. The molecule has 3 heteroatoms. The second-order valence-corrected chi connectivity index (χ2v) is 4.02. The van der Waals surface area contributed by atoms with Crippen molar-refractivity contribution in [2.45, 2.75) is 25.8 Å². The maximum Gasteiger partial charge on any atom is 0.145 e. The molecule has 0 saturated carbocycles. The summed E-state index contributed by atoms with van der Waals surface area (Å²) in [6, 6.07) is 0.632. The summed E-state index contributed by atoms with van der Waals surface area (Å²) in [6.45, 7) is 4.01. The van der Waals surface area contributed by atoms with E-state index in [9.17, 15) is 4.79 Å². The Kier molecular flexibility index (Phi) is 5.12. The van der Waals surface area contributed by atoms with Crippen molar-refractivity contribution in [3.8, 4) is 0 Å². The van der Waals surface area contributed by atoms with Crippen molar-refractivity contribution < 1.29 is 4.79 Å². The predicted molar refractivity (Wildman–Crippen MR) is 62.6 cm³/mol. The second-order valence-electron chi connectivity index (χ2n) is 4.02. The molecule has 1 saturated heterocycles. The molecule has 0 aromatic heterocycles. The molecule has 0 aromatic rings. The van der Waals surface area contributed by atoms with E-state index in [0.29, 0.717) is 6.04 Å². The number of nitrogens with one attached hydrogen (secondary N) is 1. The normalized spacial score (nSPS) is 19.5. The summed E-state index contributed by atoms with van der Waals surface area (Å²) >= 11 is 0. The minimum Gasteiger partial charge on any atom is -0.377 e. The van der Waals surface area contributed by atoms with Crippen molar-refractivity contribution in [1.82, 2.24) is 10.2 Å². The van der Waals surface area contributed by atoms with Gasteiger partial charge in [-0.15, -0.1) is 0 Å². The van der Waals surface area contributed by atoms with Gasteiger partial charge in [0.15, 0.2) is 0 Å². The molecule has 0 atom stereocenters. The van der Waals surface area contributed by atoms with Crippen LogP contribution in [0.5, 0.6) is 0 Å². The number of rotatable bonds is 4. The Morgan fingerprint density at radius 2 is 2.07 bits per heavy atom. The van der Waals surface area contributed by atoms with Crippen LogP contribution in [-0.2, 0) is 4.79 Å². The Balaban J connectivity index is 2.39. The van der Waals surface area contributed by atoms with Crippen LogP contribution in [0.1, 0.15) is 19.8 Å². The fourth-order valence-electron chi connectivity index (χ4n) is 1.71. The molecule has 15 heavy (non-hydrogen) atoms. The third-order valence-corrected chi connectivity index (χ3v) is 2.75. The Morgan fingerprint density at radius 1 is 1.40 bits per heavy atom. The zero-order valence-electron chi connectivity index (χ0n) is 9.57. The first kappa shape index (κ1) is 12.0. The van der Waals surface area contributed by atoms with Crippen molar-refractivity contribution in [2.75, 3.05) is 20.1 Å². The number of allylic oxidation sites excluding steroid dienone is 3. The third kappa shape index (κ3) is 4.30. The Hall–Kier alpha value is -1.09. The van der Waals surface area contributed by atoms with Crippen molar-refractivity contribution >= 4 is 6.29 Å². The van der Waals surface area contributed by atoms with Crippen LogP contribution in [0, 0.1) is 0 Å². The van der Waals surface area contributed by atoms with Gasteiger partial charge in [0.25, 0.3) is 0 Å². The van der Waals surface area contributed by atoms with Crippen LogP contribution in [0.3, 0.4) is 0 Å². The first-order valence-corrected chi connectivity index (χ1v) is 5.47. The number of carbonyl (C=O) groups excluding carboxylic acids is 1. The fourth-order valence-corrected chi connectivity index (χ4v) is 1.71. The number of hydrogen-bond donors (Lipinski definition) is 1. The van der Waals surface area contributed by atoms with E-state index < -0.39 is 0 Å². The van der Waals surface area contributed by atoms with Gasteiger partial charge in [-0.1, -0.05) is 6.08 Å². The molecule has 0 amide bonds. The van der Waals surface area contributed by atoms with E-state index in [4.69, 9.17) is 0 Å². The quantitative estimate of drug-likeness (QED) is 0.430. The molecule has 1 heterocycles. The van der Waals surface area contributed by atoms with Gasteiger partial charge < -0.3 is 10.2 Å². The predicted octanol–water partition coefficient (Wildman–Crippen LogP) is 1.33. The molecule has 1 aliphatic rings. The maximum atomic E-state index is 10.4. The SMILES string of the molecule is C/C(C=O)=C/C=C\N(C)C1CCNCC1. The lowest BCUT2D eigenvalue weighted by Crippen LogP contribution is -2.38. The molecule has 0 spiro atoms. The average molecular weight is 208 g/mol. The minimum atomic E-state index is 0.632. The standard InChI is InChI=1S/C12H20N2O/c1-11(10-15)4-3-9-14(2)12-5-7-13-8-6-12/h3-4,9-10,12-13H,5-8H2,1-2H3/b9-3-,11-4-. The molecule has 1 rings (SSSR count). The molecule has 84 valence electrons. The van der Waals surface area contributed by atoms with Crippen molar-refractivity contribution in [3.63, 3.8) is 0 Å². The van der Waals surface area contributed by atoms with E-state index in [0.717, 1.165) is 24.9 Å². The summed E-state index contributed by atoms with van der Waals surface area (Å²) in [5.74, 6) is 0. The molecule has 0 aromatic carbocycles. The summed E-state index contributed by atoms with van der Waals surface area (Å²) < 4.78 is 0. The average Bonchev–Trinajstić information content (AvgIpc) is 2.29. The van der Waals surface area contributed by atoms with Gasteiger partial charge in [0.2, 0.25) is 0 Å². The van der Waals surface area contributed by atoms with Crippen molar-refractivity contribution in [2.24, 2.45) is 0 Å². The van der Waals surface area contributed by atoms with E-state index in [2.05, 4.69) is 17.3 Å². The number of nitrogens with zero attached hydrogens (tertiary/aromatic N) is 1. The third-order valence-electron chi connectivity index (χ3n) is 2.75. The summed E-state index contributed by atoms with van der Waals surface area (Å²) in [5, 5.41) is 3.34. The van der Waals surface area contributed by atoms with Gasteiger partial charge in [0.1, 0.15) is 6.29 Å². The molecule has 1 aliphatic heterocycles. The molecule has 0 aliphatic carbocycles. The highest BCUT2D eigenvalue weighted by atomic mass is 16.1. The number of carbonyl (C=O) groups is 1. The Bertz CT molecular complexity index is 252. The molecular formula is C12H20N2O. The minimum absolute atomic E-state index is 0.632. The van der Waals surface area contributed by atoms with Gasteiger partial charge in [0, 0.05) is 13.1 Å². The van der Waals surface area contributed by atoms with Crippen LogP contribution in [-0.4, -0.2) is 37.4 Å². The van der Waals surface area contributed by atoms with Gasteiger partial charge in [-0.05, 0) is 50.7 Å².